The molecule has 0 bridgehead atoms. The Bertz CT molecular complexity index is 538. The van der Waals surface area contributed by atoms with Gasteiger partial charge in [0.1, 0.15) is 11.6 Å². The Kier molecular flexibility index (Phi) is 3.99. The van der Waals surface area contributed by atoms with Crippen molar-refractivity contribution in [3.63, 3.8) is 0 Å². The molecule has 0 amide bonds. The molecule has 0 aliphatic heterocycles. The summed E-state index contributed by atoms with van der Waals surface area (Å²) in [7, 11) is 3.47. The molecule has 1 heterocycles. The molecule has 0 saturated carbocycles. The van der Waals surface area contributed by atoms with Crippen molar-refractivity contribution in [2.45, 2.75) is 13.0 Å². The van der Waals surface area contributed by atoms with E-state index in [0.717, 1.165) is 11.1 Å². The molecule has 1 aromatic carbocycles. The molecule has 1 atom stereocenters. The SMILES string of the molecule is CNC(c1cscc1C)c1cc(F)ccc1OC. The third-order valence-electron chi connectivity index (χ3n) is 3.00. The summed E-state index contributed by atoms with van der Waals surface area (Å²) in [6.07, 6.45) is 0. The number of aryl methyl sites for hydroxylation is 1. The molecule has 0 radical (unpaired) electrons. The number of halogens is 1. The highest BCUT2D eigenvalue weighted by Gasteiger charge is 2.19. The third-order valence-corrected chi connectivity index (χ3v) is 3.88. The van der Waals surface area contributed by atoms with Crippen LogP contribution in [0.3, 0.4) is 0 Å². The molecule has 0 spiro atoms. The van der Waals surface area contributed by atoms with Crippen molar-refractivity contribution >= 4 is 11.3 Å². The lowest BCUT2D eigenvalue weighted by atomic mass is 9.97. The molecule has 2 rings (SSSR count). The van der Waals surface area contributed by atoms with Gasteiger partial charge in [-0.15, -0.1) is 0 Å². The van der Waals surface area contributed by atoms with Crippen molar-refractivity contribution in [1.82, 2.24) is 5.32 Å². The smallest absolute Gasteiger partial charge is 0.124 e. The van der Waals surface area contributed by atoms with Gasteiger partial charge in [-0.1, -0.05) is 0 Å². The predicted molar refractivity (Wildman–Crippen MR) is 72.9 cm³/mol. The van der Waals surface area contributed by atoms with E-state index in [1.54, 1.807) is 24.5 Å². The quantitative estimate of drug-likeness (QED) is 0.913. The maximum absolute atomic E-state index is 13.4. The first kappa shape index (κ1) is 13.1. The van der Waals surface area contributed by atoms with Gasteiger partial charge in [-0.2, -0.15) is 11.3 Å². The van der Waals surface area contributed by atoms with Crippen LogP contribution in [0.25, 0.3) is 0 Å². The normalized spacial score (nSPS) is 12.4. The monoisotopic (exact) mass is 265 g/mol. The molecular weight excluding hydrogens is 249 g/mol. The number of rotatable bonds is 4. The number of methoxy groups -OCH3 is 1. The van der Waals surface area contributed by atoms with Crippen LogP contribution in [0.2, 0.25) is 0 Å². The van der Waals surface area contributed by atoms with Crippen LogP contribution >= 0.6 is 11.3 Å². The second-order valence-electron chi connectivity index (χ2n) is 4.12. The summed E-state index contributed by atoms with van der Waals surface area (Å²) in [6.45, 7) is 2.06. The minimum Gasteiger partial charge on any atom is -0.496 e. The minimum atomic E-state index is -0.251. The van der Waals surface area contributed by atoms with Gasteiger partial charge in [0, 0.05) is 5.56 Å². The summed E-state index contributed by atoms with van der Waals surface area (Å²) in [5.41, 5.74) is 3.18. The summed E-state index contributed by atoms with van der Waals surface area (Å²) in [6, 6.07) is 4.55. The Morgan fingerprint density at radius 1 is 1.28 bits per heavy atom. The largest absolute Gasteiger partial charge is 0.496 e. The molecule has 0 fully saturated rings. The molecule has 2 aromatic rings. The molecule has 1 N–H and O–H groups in total. The van der Waals surface area contributed by atoms with E-state index >= 15 is 0 Å². The van der Waals surface area contributed by atoms with E-state index < -0.39 is 0 Å². The molecule has 1 aromatic heterocycles. The molecular formula is C14H16FNOS. The fourth-order valence-corrected chi connectivity index (χ4v) is 2.95. The van der Waals surface area contributed by atoms with Crippen LogP contribution in [0.5, 0.6) is 5.75 Å². The lowest BCUT2D eigenvalue weighted by molar-refractivity contribution is 0.404. The first-order valence-electron chi connectivity index (χ1n) is 5.70. The molecule has 4 heteroatoms. The summed E-state index contributed by atoms with van der Waals surface area (Å²) in [4.78, 5) is 0. The molecule has 0 aliphatic carbocycles. The van der Waals surface area contributed by atoms with Gasteiger partial charge in [-0.3, -0.25) is 0 Å². The van der Waals surface area contributed by atoms with Gasteiger partial charge in [0.05, 0.1) is 13.2 Å². The van der Waals surface area contributed by atoms with E-state index in [9.17, 15) is 4.39 Å². The fraction of sp³-hybridized carbons (Fsp3) is 0.286. The van der Waals surface area contributed by atoms with Crippen LogP contribution in [-0.4, -0.2) is 14.2 Å². The molecule has 2 nitrogen and oxygen atoms in total. The predicted octanol–water partition coefficient (Wildman–Crippen LogP) is 3.51. The minimum absolute atomic E-state index is 0.0538. The number of hydrogen-bond acceptors (Lipinski definition) is 3. The molecule has 0 saturated heterocycles. The highest BCUT2D eigenvalue weighted by molar-refractivity contribution is 7.08. The Hall–Kier alpha value is -1.39. The van der Waals surface area contributed by atoms with Gasteiger partial charge in [0.15, 0.2) is 0 Å². The average Bonchev–Trinajstić information content (AvgIpc) is 2.77. The van der Waals surface area contributed by atoms with Crippen molar-refractivity contribution in [3.8, 4) is 5.75 Å². The Labute approximate surface area is 110 Å². The van der Waals surface area contributed by atoms with Crippen molar-refractivity contribution in [2.75, 3.05) is 14.2 Å². The van der Waals surface area contributed by atoms with Gasteiger partial charge in [-0.05, 0) is 54.1 Å². The van der Waals surface area contributed by atoms with Crippen LogP contribution in [0.15, 0.2) is 29.0 Å². The zero-order valence-electron chi connectivity index (χ0n) is 10.7. The highest BCUT2D eigenvalue weighted by Crippen LogP contribution is 2.33. The summed E-state index contributed by atoms with van der Waals surface area (Å²) < 4.78 is 18.8. The van der Waals surface area contributed by atoms with Gasteiger partial charge < -0.3 is 10.1 Å². The van der Waals surface area contributed by atoms with Gasteiger partial charge in [0.25, 0.3) is 0 Å². The number of benzene rings is 1. The molecule has 96 valence electrons. The number of ether oxygens (including phenoxy) is 1. The highest BCUT2D eigenvalue weighted by atomic mass is 32.1. The van der Waals surface area contributed by atoms with Crippen molar-refractivity contribution in [1.29, 1.82) is 0 Å². The van der Waals surface area contributed by atoms with Gasteiger partial charge in [-0.25, -0.2) is 4.39 Å². The Morgan fingerprint density at radius 3 is 2.61 bits per heavy atom. The van der Waals surface area contributed by atoms with Crippen molar-refractivity contribution in [2.24, 2.45) is 0 Å². The number of hydrogen-bond donors (Lipinski definition) is 1. The van der Waals surface area contributed by atoms with Crippen LogP contribution < -0.4 is 10.1 Å². The fourth-order valence-electron chi connectivity index (χ4n) is 2.08. The zero-order chi connectivity index (χ0) is 13.1. The lowest BCUT2D eigenvalue weighted by Crippen LogP contribution is -2.18. The van der Waals surface area contributed by atoms with Crippen molar-refractivity contribution in [3.05, 3.63) is 51.5 Å². The standard InChI is InChI=1S/C14H16FNOS/c1-9-7-18-8-12(9)14(16-2)11-6-10(15)4-5-13(11)17-3/h4-8,14,16H,1-3H3. The van der Waals surface area contributed by atoms with E-state index in [2.05, 4.69) is 23.0 Å². The van der Waals surface area contributed by atoms with Crippen LogP contribution in [0, 0.1) is 12.7 Å². The number of nitrogens with one attached hydrogen (secondary N) is 1. The molecule has 0 aliphatic rings. The maximum atomic E-state index is 13.4. The average molecular weight is 265 g/mol. The van der Waals surface area contributed by atoms with Gasteiger partial charge in [0.2, 0.25) is 0 Å². The second-order valence-corrected chi connectivity index (χ2v) is 4.86. The second kappa shape index (κ2) is 5.50. The van der Waals surface area contributed by atoms with E-state index in [1.165, 1.54) is 17.7 Å². The summed E-state index contributed by atoms with van der Waals surface area (Å²) in [5.74, 6) is 0.445. The molecule has 18 heavy (non-hydrogen) atoms. The number of thiophene rings is 1. The van der Waals surface area contributed by atoms with Crippen LogP contribution in [-0.2, 0) is 0 Å². The topological polar surface area (TPSA) is 21.3 Å². The van der Waals surface area contributed by atoms with E-state index in [-0.39, 0.29) is 11.9 Å². The summed E-state index contributed by atoms with van der Waals surface area (Å²) in [5, 5.41) is 7.40. The van der Waals surface area contributed by atoms with Crippen LogP contribution in [0.4, 0.5) is 4.39 Å². The van der Waals surface area contributed by atoms with Gasteiger partial charge >= 0.3 is 0 Å². The first-order chi connectivity index (χ1) is 8.67. The van der Waals surface area contributed by atoms with E-state index in [4.69, 9.17) is 4.74 Å². The van der Waals surface area contributed by atoms with Crippen molar-refractivity contribution < 1.29 is 9.13 Å². The third kappa shape index (κ3) is 2.40. The summed E-state index contributed by atoms with van der Waals surface area (Å²) >= 11 is 1.65. The van der Waals surface area contributed by atoms with E-state index in [1.807, 2.05) is 7.05 Å². The maximum Gasteiger partial charge on any atom is 0.124 e. The molecule has 1 unspecified atom stereocenters. The Morgan fingerprint density at radius 2 is 2.06 bits per heavy atom. The van der Waals surface area contributed by atoms with Crippen LogP contribution in [0.1, 0.15) is 22.7 Å². The zero-order valence-corrected chi connectivity index (χ0v) is 11.5. The Balaban J connectivity index is 2.51. The lowest BCUT2D eigenvalue weighted by Gasteiger charge is -2.19. The first-order valence-corrected chi connectivity index (χ1v) is 6.65. The van der Waals surface area contributed by atoms with E-state index in [0.29, 0.717) is 5.75 Å².